The standard InChI is InChI=1S/C26H25N3O11/c27-14(3-12-7-18(32)23(37)19(33)8-12)25(39)29-15(4-13-9-20(34)24(38)21(35)10-13)26(40)28-2-1-11-5-16(30)22(36)17(31)6-11/h1-2,4-10,14,30-38H,3,27H2,(H,28,40)(H,29,39). The Balaban J connectivity index is 1.85. The molecular weight excluding hydrogens is 530 g/mol. The minimum absolute atomic E-state index is 0.0161. The largest absolute Gasteiger partial charge is 0.504 e. The first kappa shape index (κ1) is 28.8. The molecular formula is C26H25N3O11. The van der Waals surface area contributed by atoms with Crippen molar-refractivity contribution in [1.82, 2.24) is 10.6 Å². The van der Waals surface area contributed by atoms with E-state index in [9.17, 15) is 55.5 Å². The van der Waals surface area contributed by atoms with Crippen molar-refractivity contribution in [1.29, 1.82) is 0 Å². The van der Waals surface area contributed by atoms with Gasteiger partial charge in [-0.2, -0.15) is 0 Å². The number of carbonyl (C=O) groups is 2. The van der Waals surface area contributed by atoms with E-state index >= 15 is 0 Å². The highest BCUT2D eigenvalue weighted by Gasteiger charge is 2.21. The minimum atomic E-state index is -1.33. The Bertz CT molecular complexity index is 1460. The number of amides is 2. The van der Waals surface area contributed by atoms with Crippen LogP contribution in [0.25, 0.3) is 12.2 Å². The first-order valence-corrected chi connectivity index (χ1v) is 11.3. The lowest BCUT2D eigenvalue weighted by Gasteiger charge is -2.15. The molecule has 3 rings (SSSR count). The predicted molar refractivity (Wildman–Crippen MR) is 139 cm³/mol. The Morgan fingerprint density at radius 1 is 0.700 bits per heavy atom. The van der Waals surface area contributed by atoms with Gasteiger partial charge >= 0.3 is 0 Å². The Morgan fingerprint density at radius 2 is 1.12 bits per heavy atom. The van der Waals surface area contributed by atoms with Crippen LogP contribution in [-0.4, -0.2) is 63.8 Å². The average molecular weight is 555 g/mol. The van der Waals surface area contributed by atoms with Gasteiger partial charge in [-0.1, -0.05) is 0 Å². The molecule has 2 amide bonds. The summed E-state index contributed by atoms with van der Waals surface area (Å²) in [5.74, 6) is -8.08. The van der Waals surface area contributed by atoms with Crippen LogP contribution in [0, 0.1) is 0 Å². The Kier molecular flexibility index (Phi) is 8.46. The molecule has 0 aliphatic heterocycles. The smallest absolute Gasteiger partial charge is 0.271 e. The average Bonchev–Trinajstić information content (AvgIpc) is 2.88. The number of hydrogen-bond donors (Lipinski definition) is 12. The number of rotatable bonds is 8. The summed E-state index contributed by atoms with van der Waals surface area (Å²) in [7, 11) is 0. The minimum Gasteiger partial charge on any atom is -0.504 e. The number of aromatic hydroxyl groups is 9. The van der Waals surface area contributed by atoms with Gasteiger partial charge in [0.1, 0.15) is 5.70 Å². The summed E-state index contributed by atoms with van der Waals surface area (Å²) in [5.41, 5.74) is 5.83. The fraction of sp³-hybridized carbons (Fsp3) is 0.0769. The van der Waals surface area contributed by atoms with E-state index in [0.717, 1.165) is 48.7 Å². The molecule has 0 heterocycles. The SMILES string of the molecule is NC(Cc1cc(O)c(O)c(O)c1)C(=O)NC(=Cc1cc(O)c(O)c(O)c1)C(=O)NC=Cc1cc(O)c(O)c(O)c1. The van der Waals surface area contributed by atoms with Crippen molar-refractivity contribution in [3.63, 3.8) is 0 Å². The van der Waals surface area contributed by atoms with E-state index in [1.807, 2.05) is 0 Å². The van der Waals surface area contributed by atoms with Crippen molar-refractivity contribution in [2.75, 3.05) is 0 Å². The van der Waals surface area contributed by atoms with Crippen LogP contribution < -0.4 is 16.4 Å². The molecule has 0 aliphatic carbocycles. The van der Waals surface area contributed by atoms with Crippen molar-refractivity contribution in [2.45, 2.75) is 12.5 Å². The molecule has 1 unspecified atom stereocenters. The highest BCUT2D eigenvalue weighted by molar-refractivity contribution is 6.02. The van der Waals surface area contributed by atoms with E-state index in [-0.39, 0.29) is 23.1 Å². The van der Waals surface area contributed by atoms with Crippen molar-refractivity contribution in [3.05, 3.63) is 65.0 Å². The van der Waals surface area contributed by atoms with Crippen LogP contribution in [0.4, 0.5) is 0 Å². The zero-order valence-electron chi connectivity index (χ0n) is 20.4. The molecule has 0 aliphatic rings. The lowest BCUT2D eigenvalue weighted by Crippen LogP contribution is -2.44. The molecule has 0 spiro atoms. The van der Waals surface area contributed by atoms with Crippen LogP contribution in [0.1, 0.15) is 16.7 Å². The third-order valence-electron chi connectivity index (χ3n) is 5.41. The van der Waals surface area contributed by atoms with Gasteiger partial charge in [0.2, 0.25) is 5.91 Å². The lowest BCUT2D eigenvalue weighted by molar-refractivity contribution is -0.124. The van der Waals surface area contributed by atoms with E-state index in [2.05, 4.69) is 10.6 Å². The zero-order chi connectivity index (χ0) is 29.7. The van der Waals surface area contributed by atoms with E-state index in [1.54, 1.807) is 0 Å². The maximum absolute atomic E-state index is 12.9. The van der Waals surface area contributed by atoms with Gasteiger partial charge in [-0.05, 0) is 71.7 Å². The van der Waals surface area contributed by atoms with Crippen LogP contribution in [-0.2, 0) is 16.0 Å². The number of phenols is 9. The molecule has 40 heavy (non-hydrogen) atoms. The predicted octanol–water partition coefficient (Wildman–Crippen LogP) is 0.851. The molecule has 0 bridgehead atoms. The van der Waals surface area contributed by atoms with Crippen LogP contribution in [0.5, 0.6) is 51.7 Å². The Labute approximate surface area is 225 Å². The van der Waals surface area contributed by atoms with Crippen LogP contribution in [0.3, 0.4) is 0 Å². The molecule has 14 heteroatoms. The fourth-order valence-corrected chi connectivity index (χ4v) is 3.40. The molecule has 3 aromatic carbocycles. The fourth-order valence-electron chi connectivity index (χ4n) is 3.40. The van der Waals surface area contributed by atoms with Gasteiger partial charge < -0.3 is 62.3 Å². The summed E-state index contributed by atoms with van der Waals surface area (Å²) in [6, 6.07) is 5.00. The molecule has 0 radical (unpaired) electrons. The molecule has 14 nitrogen and oxygen atoms in total. The van der Waals surface area contributed by atoms with Crippen molar-refractivity contribution in [3.8, 4) is 51.7 Å². The van der Waals surface area contributed by atoms with Crippen LogP contribution in [0.2, 0.25) is 0 Å². The van der Waals surface area contributed by atoms with Crippen molar-refractivity contribution < 1.29 is 55.5 Å². The van der Waals surface area contributed by atoms with Gasteiger partial charge in [-0.3, -0.25) is 9.59 Å². The summed E-state index contributed by atoms with van der Waals surface area (Å²) in [5, 5.41) is 91.2. The first-order valence-electron chi connectivity index (χ1n) is 11.3. The second kappa shape index (κ2) is 11.7. The monoisotopic (exact) mass is 555 g/mol. The normalized spacial score (nSPS) is 12.3. The van der Waals surface area contributed by atoms with Crippen LogP contribution in [0.15, 0.2) is 48.3 Å². The van der Waals surface area contributed by atoms with E-state index in [1.165, 1.54) is 6.08 Å². The van der Waals surface area contributed by atoms with Gasteiger partial charge in [0.05, 0.1) is 6.04 Å². The van der Waals surface area contributed by atoms with Gasteiger partial charge in [0.25, 0.3) is 5.91 Å². The summed E-state index contributed by atoms with van der Waals surface area (Å²) < 4.78 is 0. The number of carbonyl (C=O) groups excluding carboxylic acids is 2. The molecule has 210 valence electrons. The summed E-state index contributed by atoms with van der Waals surface area (Å²) in [6.45, 7) is 0. The van der Waals surface area contributed by atoms with Gasteiger partial charge in [0.15, 0.2) is 51.7 Å². The molecule has 0 saturated heterocycles. The Morgan fingerprint density at radius 3 is 1.60 bits per heavy atom. The summed E-state index contributed by atoms with van der Waals surface area (Å²) >= 11 is 0. The third-order valence-corrected chi connectivity index (χ3v) is 5.41. The third kappa shape index (κ3) is 6.76. The highest BCUT2D eigenvalue weighted by atomic mass is 16.3. The molecule has 0 aromatic heterocycles. The van der Waals surface area contributed by atoms with Crippen molar-refractivity contribution in [2.24, 2.45) is 5.73 Å². The van der Waals surface area contributed by atoms with E-state index in [4.69, 9.17) is 5.73 Å². The lowest BCUT2D eigenvalue weighted by atomic mass is 10.0. The van der Waals surface area contributed by atoms with Crippen LogP contribution >= 0.6 is 0 Å². The molecule has 0 saturated carbocycles. The number of nitrogens with two attached hydrogens (primary N) is 1. The van der Waals surface area contributed by atoms with Crippen molar-refractivity contribution >= 4 is 24.0 Å². The molecule has 3 aromatic rings. The second-order valence-corrected chi connectivity index (χ2v) is 8.46. The second-order valence-electron chi connectivity index (χ2n) is 8.46. The summed E-state index contributed by atoms with van der Waals surface area (Å²) in [4.78, 5) is 25.7. The number of phenolic OH excluding ortho intramolecular Hbond substituents is 9. The summed E-state index contributed by atoms with van der Waals surface area (Å²) in [6.07, 6.45) is 3.13. The quantitative estimate of drug-likeness (QED) is 0.136. The number of hydrogen-bond acceptors (Lipinski definition) is 12. The molecule has 1 atom stereocenters. The highest BCUT2D eigenvalue weighted by Crippen LogP contribution is 2.37. The molecule has 0 fully saturated rings. The van der Waals surface area contributed by atoms with Gasteiger partial charge in [-0.15, -0.1) is 0 Å². The van der Waals surface area contributed by atoms with Gasteiger partial charge in [-0.25, -0.2) is 0 Å². The molecule has 13 N–H and O–H groups in total. The number of benzene rings is 3. The number of nitrogens with one attached hydrogen (secondary N) is 2. The van der Waals surface area contributed by atoms with E-state index in [0.29, 0.717) is 0 Å². The van der Waals surface area contributed by atoms with Gasteiger partial charge in [0, 0.05) is 6.20 Å². The maximum atomic E-state index is 12.9. The Hall–Kier alpha value is -5.76. The maximum Gasteiger partial charge on any atom is 0.271 e. The van der Waals surface area contributed by atoms with E-state index < -0.39 is 75.3 Å². The first-order chi connectivity index (χ1) is 18.8. The topological polar surface area (TPSA) is 266 Å². The zero-order valence-corrected chi connectivity index (χ0v) is 20.4.